The van der Waals surface area contributed by atoms with Gasteiger partial charge in [-0.05, 0) is 77.1 Å². The molecule has 0 aliphatic heterocycles. The Bertz CT molecular complexity index is 1560. The van der Waals surface area contributed by atoms with Crippen LogP contribution in [0.25, 0.3) is 10.2 Å². The van der Waals surface area contributed by atoms with Gasteiger partial charge in [0.05, 0.1) is 16.6 Å². The quantitative estimate of drug-likeness (QED) is 0.358. The number of nitrogens with one attached hydrogen (secondary N) is 1. The predicted molar refractivity (Wildman–Crippen MR) is 164 cm³/mol. The van der Waals surface area contributed by atoms with Crippen molar-refractivity contribution >= 4 is 54.4 Å². The minimum Gasteiger partial charge on any atom is -0.326 e. The van der Waals surface area contributed by atoms with Gasteiger partial charge in [-0.15, -0.1) is 0 Å². The molecule has 3 aromatic rings. The molecule has 4 rings (SSSR count). The lowest BCUT2D eigenvalue weighted by Gasteiger charge is -2.25. The molecule has 1 heterocycles. The fraction of sp³-hybridized carbons (Fsp3) is 0.333. The molecule has 1 aliphatic carbocycles. The van der Waals surface area contributed by atoms with Gasteiger partial charge in [-0.2, -0.15) is 0 Å². The van der Waals surface area contributed by atoms with E-state index in [-0.39, 0.29) is 23.1 Å². The van der Waals surface area contributed by atoms with Gasteiger partial charge >= 0.3 is 4.87 Å². The second-order valence-corrected chi connectivity index (χ2v) is 12.8. The SMILES string of the molecule is C=S(=O)(CC)c1ccc(CC(=O)Nc2ccc3c(c2)sc(=O)n3C(C)C(=O)N(C)C2=CC=CCC2)cc1.CC. The zero-order valence-electron chi connectivity index (χ0n) is 23.2. The lowest BCUT2D eigenvalue weighted by Crippen LogP contribution is -2.35. The van der Waals surface area contributed by atoms with E-state index < -0.39 is 15.6 Å². The van der Waals surface area contributed by atoms with Crippen molar-refractivity contribution < 1.29 is 13.8 Å². The largest absolute Gasteiger partial charge is 0.326 e. The number of allylic oxidation sites excluding steroid dienone is 4. The van der Waals surface area contributed by atoms with Gasteiger partial charge in [0.25, 0.3) is 0 Å². The number of carbonyl (C=O) groups excluding carboxylic acids is 2. The van der Waals surface area contributed by atoms with E-state index in [2.05, 4.69) is 17.3 Å². The Labute approximate surface area is 234 Å². The maximum absolute atomic E-state index is 13.1. The fourth-order valence-corrected chi connectivity index (χ4v) is 6.26. The van der Waals surface area contributed by atoms with Crippen molar-refractivity contribution in [3.8, 4) is 0 Å². The van der Waals surface area contributed by atoms with Crippen LogP contribution >= 0.6 is 11.3 Å². The molecular weight excluding hydrogens is 530 g/mol. The predicted octanol–water partition coefficient (Wildman–Crippen LogP) is 5.62. The smallest absolute Gasteiger partial charge is 0.308 e. The molecule has 2 amide bonds. The summed E-state index contributed by atoms with van der Waals surface area (Å²) in [6, 6.07) is 11.7. The van der Waals surface area contributed by atoms with E-state index in [0.717, 1.165) is 35.4 Å². The lowest BCUT2D eigenvalue weighted by molar-refractivity contribution is -0.131. The maximum atomic E-state index is 13.1. The average molecular weight is 568 g/mol. The van der Waals surface area contributed by atoms with E-state index in [0.29, 0.717) is 26.6 Å². The highest BCUT2D eigenvalue weighted by Gasteiger charge is 2.25. The van der Waals surface area contributed by atoms with Crippen LogP contribution in [0.4, 0.5) is 5.69 Å². The van der Waals surface area contributed by atoms with Crippen molar-refractivity contribution in [3.63, 3.8) is 0 Å². The molecule has 0 radical (unpaired) electrons. The van der Waals surface area contributed by atoms with Crippen LogP contribution in [0.3, 0.4) is 0 Å². The van der Waals surface area contributed by atoms with E-state index in [1.54, 1.807) is 61.3 Å². The monoisotopic (exact) mass is 567 g/mol. The van der Waals surface area contributed by atoms with Gasteiger partial charge in [-0.1, -0.05) is 56.4 Å². The van der Waals surface area contributed by atoms with Crippen LogP contribution in [0.5, 0.6) is 0 Å². The molecule has 0 spiro atoms. The number of amides is 2. The summed E-state index contributed by atoms with van der Waals surface area (Å²) in [6.07, 6.45) is 7.75. The van der Waals surface area contributed by atoms with Crippen molar-refractivity contribution in [3.05, 3.63) is 81.6 Å². The summed E-state index contributed by atoms with van der Waals surface area (Å²) in [5, 5.41) is 2.88. The number of carbonyl (C=O) groups is 2. The Hall–Kier alpha value is -3.43. The van der Waals surface area contributed by atoms with Crippen molar-refractivity contribution in [2.24, 2.45) is 0 Å². The Morgan fingerprint density at radius 2 is 1.87 bits per heavy atom. The first-order valence-corrected chi connectivity index (χ1v) is 15.8. The molecule has 2 aromatic carbocycles. The highest BCUT2D eigenvalue weighted by Crippen LogP contribution is 2.26. The summed E-state index contributed by atoms with van der Waals surface area (Å²) in [5.41, 5.74) is 2.95. The minimum absolute atomic E-state index is 0.152. The summed E-state index contributed by atoms with van der Waals surface area (Å²) in [6.45, 7) is 7.57. The number of hydrogen-bond acceptors (Lipinski definition) is 5. The Kier molecular flexibility index (Phi) is 10.1. The molecule has 39 heavy (non-hydrogen) atoms. The number of anilines is 1. The van der Waals surface area contributed by atoms with Crippen LogP contribution in [0.15, 0.2) is 76.1 Å². The number of fused-ring (bicyclic) bond motifs is 1. The number of likely N-dealkylation sites (N-methyl/N-ethyl adjacent to an activating group) is 1. The summed E-state index contributed by atoms with van der Waals surface area (Å²) in [5.74, 6) is 3.89. The third-order valence-corrected chi connectivity index (χ3v) is 9.56. The van der Waals surface area contributed by atoms with Crippen molar-refractivity contribution in [1.29, 1.82) is 0 Å². The first kappa shape index (κ1) is 30.1. The molecule has 9 heteroatoms. The number of thiazole rings is 1. The number of rotatable bonds is 8. The third kappa shape index (κ3) is 6.96. The molecule has 7 nitrogen and oxygen atoms in total. The number of benzene rings is 2. The van der Waals surface area contributed by atoms with Crippen LogP contribution in [-0.4, -0.2) is 44.2 Å². The van der Waals surface area contributed by atoms with Crippen LogP contribution < -0.4 is 10.2 Å². The average Bonchev–Trinajstić information content (AvgIpc) is 3.28. The Balaban J connectivity index is 0.00000205. The van der Waals surface area contributed by atoms with Gasteiger partial charge in [0.15, 0.2) is 0 Å². The summed E-state index contributed by atoms with van der Waals surface area (Å²) in [4.78, 5) is 40.7. The highest BCUT2D eigenvalue weighted by molar-refractivity contribution is 8.00. The first-order valence-electron chi connectivity index (χ1n) is 13.1. The molecular formula is C30H37N3O4S2. The minimum atomic E-state index is -2.29. The Morgan fingerprint density at radius 3 is 2.49 bits per heavy atom. The van der Waals surface area contributed by atoms with Gasteiger partial charge in [0.1, 0.15) is 6.04 Å². The van der Waals surface area contributed by atoms with E-state index in [1.807, 2.05) is 32.9 Å². The first-order chi connectivity index (χ1) is 18.6. The second kappa shape index (κ2) is 13.1. The fourth-order valence-electron chi connectivity index (χ4n) is 4.30. The van der Waals surface area contributed by atoms with E-state index in [4.69, 9.17) is 0 Å². The molecule has 1 aliphatic rings. The standard InChI is InChI=1S/C28H31N3O4S2.C2H6/c1-5-37(4,35)23-14-11-20(12-15-23)17-26(32)29-21-13-16-24-25(18-21)36-28(34)31(24)19(2)27(33)30(3)22-9-7-6-8-10-22;1-2/h6-7,9,11-16,18-19H,4-5,8,10,17H2,1-3H3,(H,29,32);1-2H3. The van der Waals surface area contributed by atoms with E-state index >= 15 is 0 Å². The molecule has 1 N–H and O–H groups in total. The van der Waals surface area contributed by atoms with Gasteiger partial charge in [-0.3, -0.25) is 23.2 Å². The van der Waals surface area contributed by atoms with Crippen LogP contribution in [0, 0.1) is 0 Å². The zero-order chi connectivity index (χ0) is 28.7. The molecule has 2 unspecified atom stereocenters. The van der Waals surface area contributed by atoms with E-state index in [1.165, 1.54) is 4.57 Å². The lowest BCUT2D eigenvalue weighted by atomic mass is 10.1. The van der Waals surface area contributed by atoms with Gasteiger partial charge in [0.2, 0.25) is 11.8 Å². The maximum Gasteiger partial charge on any atom is 0.308 e. The molecule has 0 saturated carbocycles. The number of hydrogen-bond donors (Lipinski definition) is 1. The summed E-state index contributed by atoms with van der Waals surface area (Å²) >= 11 is 1.05. The van der Waals surface area contributed by atoms with Gasteiger partial charge in [0, 0.05) is 29.1 Å². The van der Waals surface area contributed by atoms with Crippen LogP contribution in [0.2, 0.25) is 0 Å². The molecule has 0 saturated heterocycles. The van der Waals surface area contributed by atoms with Gasteiger partial charge in [-0.25, -0.2) is 0 Å². The molecule has 2 atom stereocenters. The zero-order valence-corrected chi connectivity index (χ0v) is 24.9. The number of nitrogens with zero attached hydrogens (tertiary/aromatic N) is 2. The highest BCUT2D eigenvalue weighted by atomic mass is 32.2. The molecule has 208 valence electrons. The summed E-state index contributed by atoms with van der Waals surface area (Å²) < 4.78 is 14.6. The normalized spacial score (nSPS) is 14.9. The molecule has 0 fully saturated rings. The second-order valence-electron chi connectivity index (χ2n) is 9.09. The van der Waals surface area contributed by atoms with Crippen molar-refractivity contribution in [2.45, 2.75) is 57.9 Å². The van der Waals surface area contributed by atoms with Crippen molar-refractivity contribution in [2.75, 3.05) is 18.1 Å². The molecule has 0 bridgehead atoms. The van der Waals surface area contributed by atoms with Gasteiger partial charge < -0.3 is 10.2 Å². The third-order valence-electron chi connectivity index (χ3n) is 6.58. The van der Waals surface area contributed by atoms with Crippen LogP contribution in [0.1, 0.15) is 52.1 Å². The summed E-state index contributed by atoms with van der Waals surface area (Å²) in [7, 11) is -0.551. The Morgan fingerprint density at radius 1 is 1.18 bits per heavy atom. The number of aromatic nitrogens is 1. The molecule has 1 aromatic heterocycles. The van der Waals surface area contributed by atoms with Crippen molar-refractivity contribution in [1.82, 2.24) is 9.47 Å². The topological polar surface area (TPSA) is 88.5 Å². The van der Waals surface area contributed by atoms with Crippen LogP contribution in [-0.2, 0) is 25.5 Å². The van der Waals surface area contributed by atoms with E-state index in [9.17, 15) is 18.6 Å².